The van der Waals surface area contributed by atoms with Gasteiger partial charge in [-0.05, 0) is 43.5 Å². The number of likely N-dealkylation sites (tertiary alicyclic amines) is 1. The fourth-order valence-electron chi connectivity index (χ4n) is 2.46. The van der Waals surface area contributed by atoms with Gasteiger partial charge in [0.25, 0.3) is 5.91 Å². The molecule has 1 fully saturated rings. The fourth-order valence-corrected chi connectivity index (χ4v) is 2.46. The topological polar surface area (TPSA) is 55.6 Å². The Kier molecular flexibility index (Phi) is 6.84. The van der Waals surface area contributed by atoms with Crippen LogP contribution in [0.25, 0.3) is 0 Å². The molecule has 21 heavy (non-hydrogen) atoms. The third-order valence-corrected chi connectivity index (χ3v) is 3.49. The van der Waals surface area contributed by atoms with Crippen LogP contribution in [0, 0.1) is 0 Å². The van der Waals surface area contributed by atoms with E-state index in [1.54, 1.807) is 4.90 Å². The van der Waals surface area contributed by atoms with E-state index in [0.29, 0.717) is 18.7 Å². The number of nitrogens with two attached hydrogens (primary N) is 1. The van der Waals surface area contributed by atoms with Gasteiger partial charge >= 0.3 is 6.61 Å². The van der Waals surface area contributed by atoms with Crippen LogP contribution in [0.15, 0.2) is 24.3 Å². The zero-order chi connectivity index (χ0) is 14.5. The number of carbonyl (C=O) groups is 1. The van der Waals surface area contributed by atoms with E-state index >= 15 is 0 Å². The maximum atomic E-state index is 12.4. The van der Waals surface area contributed by atoms with Gasteiger partial charge < -0.3 is 15.4 Å². The van der Waals surface area contributed by atoms with Crippen LogP contribution in [0.5, 0.6) is 5.75 Å². The van der Waals surface area contributed by atoms with Gasteiger partial charge in [0.15, 0.2) is 0 Å². The molecule has 1 aliphatic rings. The second-order valence-electron chi connectivity index (χ2n) is 4.79. The number of alkyl halides is 2. The van der Waals surface area contributed by atoms with Gasteiger partial charge in [-0.1, -0.05) is 0 Å². The Bertz CT molecular complexity index is 457. The Morgan fingerprint density at radius 1 is 1.33 bits per heavy atom. The highest BCUT2D eigenvalue weighted by Crippen LogP contribution is 2.21. The maximum Gasteiger partial charge on any atom is 0.387 e. The Morgan fingerprint density at radius 3 is 2.57 bits per heavy atom. The molecule has 1 heterocycles. The minimum Gasteiger partial charge on any atom is -0.435 e. The first kappa shape index (κ1) is 17.7. The van der Waals surface area contributed by atoms with Crippen molar-refractivity contribution in [1.82, 2.24) is 4.90 Å². The first-order chi connectivity index (χ1) is 9.61. The second-order valence-corrected chi connectivity index (χ2v) is 4.79. The molecule has 2 N–H and O–H groups in total. The fraction of sp³-hybridized carbons (Fsp3) is 0.500. The quantitative estimate of drug-likeness (QED) is 0.928. The van der Waals surface area contributed by atoms with Crippen molar-refractivity contribution in [3.63, 3.8) is 0 Å². The average molecular weight is 321 g/mol. The van der Waals surface area contributed by atoms with Crippen LogP contribution in [0.3, 0.4) is 0 Å². The van der Waals surface area contributed by atoms with Crippen molar-refractivity contribution in [2.24, 2.45) is 5.73 Å². The maximum absolute atomic E-state index is 12.4. The summed E-state index contributed by atoms with van der Waals surface area (Å²) in [5, 5.41) is 0. The molecular weight excluding hydrogens is 302 g/mol. The number of carbonyl (C=O) groups excluding carboxylic acids is 1. The number of ether oxygens (including phenoxy) is 1. The van der Waals surface area contributed by atoms with Gasteiger partial charge in [-0.2, -0.15) is 8.78 Å². The lowest BCUT2D eigenvalue weighted by Gasteiger charge is -2.35. The van der Waals surface area contributed by atoms with E-state index < -0.39 is 6.61 Å². The molecule has 1 aromatic carbocycles. The van der Waals surface area contributed by atoms with Crippen LogP contribution in [0.4, 0.5) is 8.78 Å². The molecule has 1 atom stereocenters. The number of hydrogen-bond acceptors (Lipinski definition) is 3. The molecule has 4 nitrogen and oxygen atoms in total. The van der Waals surface area contributed by atoms with E-state index in [9.17, 15) is 13.6 Å². The van der Waals surface area contributed by atoms with Crippen LogP contribution in [0.1, 0.15) is 29.6 Å². The zero-order valence-corrected chi connectivity index (χ0v) is 12.3. The molecule has 0 aromatic heterocycles. The lowest BCUT2D eigenvalue weighted by atomic mass is 10.0. The summed E-state index contributed by atoms with van der Waals surface area (Å²) in [4.78, 5) is 14.2. The minimum absolute atomic E-state index is 0. The summed E-state index contributed by atoms with van der Waals surface area (Å²) in [6.07, 6.45) is 2.95. The lowest BCUT2D eigenvalue weighted by Crippen LogP contribution is -2.47. The van der Waals surface area contributed by atoms with E-state index in [0.717, 1.165) is 19.3 Å². The molecule has 7 heteroatoms. The third-order valence-electron chi connectivity index (χ3n) is 3.49. The molecular formula is C14H19ClF2N2O2. The van der Waals surface area contributed by atoms with Gasteiger partial charge in [-0.25, -0.2) is 0 Å². The summed E-state index contributed by atoms with van der Waals surface area (Å²) in [5.74, 6) is -0.0608. The van der Waals surface area contributed by atoms with Crippen molar-refractivity contribution in [1.29, 1.82) is 0 Å². The van der Waals surface area contributed by atoms with Gasteiger partial charge in [-0.15, -0.1) is 12.4 Å². The van der Waals surface area contributed by atoms with Crippen LogP contribution in [-0.2, 0) is 0 Å². The Morgan fingerprint density at radius 2 is 2.00 bits per heavy atom. The van der Waals surface area contributed by atoms with Gasteiger partial charge in [0.05, 0.1) is 0 Å². The highest BCUT2D eigenvalue weighted by atomic mass is 35.5. The molecule has 1 aliphatic heterocycles. The van der Waals surface area contributed by atoms with Gasteiger partial charge in [-0.3, -0.25) is 4.79 Å². The summed E-state index contributed by atoms with van der Waals surface area (Å²) < 4.78 is 28.4. The largest absolute Gasteiger partial charge is 0.435 e. The number of rotatable bonds is 4. The summed E-state index contributed by atoms with van der Waals surface area (Å²) in [7, 11) is 0. The van der Waals surface area contributed by atoms with Gasteiger partial charge in [0, 0.05) is 24.7 Å². The van der Waals surface area contributed by atoms with Crippen molar-refractivity contribution in [2.75, 3.05) is 13.1 Å². The SMILES string of the molecule is Cl.NCC1CCCCN1C(=O)c1ccc(OC(F)F)cc1. The minimum atomic E-state index is -2.86. The second kappa shape index (κ2) is 8.14. The standard InChI is InChI=1S/C14H18F2N2O2.ClH/c15-14(16)20-12-6-4-10(5-7-12)13(19)18-8-2-1-3-11(18)9-17;/h4-7,11,14H,1-3,8-9,17H2;1H. The highest BCUT2D eigenvalue weighted by Gasteiger charge is 2.26. The molecule has 0 spiro atoms. The monoisotopic (exact) mass is 320 g/mol. The molecule has 1 unspecified atom stereocenters. The van der Waals surface area contributed by atoms with E-state index in [2.05, 4.69) is 4.74 Å². The van der Waals surface area contributed by atoms with E-state index in [-0.39, 0.29) is 30.1 Å². The molecule has 0 radical (unpaired) electrons. The summed E-state index contributed by atoms with van der Waals surface area (Å²) >= 11 is 0. The first-order valence-electron chi connectivity index (χ1n) is 6.67. The molecule has 0 bridgehead atoms. The molecule has 1 amide bonds. The van der Waals surface area contributed by atoms with Crippen molar-refractivity contribution < 1.29 is 18.3 Å². The number of amides is 1. The van der Waals surface area contributed by atoms with Gasteiger partial charge in [0.2, 0.25) is 0 Å². The predicted octanol–water partition coefficient (Wildman–Crippen LogP) is 2.66. The molecule has 1 saturated heterocycles. The van der Waals surface area contributed by atoms with Crippen molar-refractivity contribution in [3.8, 4) is 5.75 Å². The molecule has 2 rings (SSSR count). The average Bonchev–Trinajstić information content (AvgIpc) is 2.46. The first-order valence-corrected chi connectivity index (χ1v) is 6.67. The van der Waals surface area contributed by atoms with Crippen molar-refractivity contribution in [2.45, 2.75) is 31.9 Å². The normalized spacial score (nSPS) is 18.3. The van der Waals surface area contributed by atoms with E-state index in [4.69, 9.17) is 5.73 Å². The zero-order valence-electron chi connectivity index (χ0n) is 11.5. The Labute approximate surface area is 128 Å². The predicted molar refractivity (Wildman–Crippen MR) is 78.1 cm³/mol. The molecule has 118 valence electrons. The lowest BCUT2D eigenvalue weighted by molar-refractivity contribution is -0.0498. The van der Waals surface area contributed by atoms with Crippen LogP contribution in [-0.4, -0.2) is 36.5 Å². The smallest absolute Gasteiger partial charge is 0.387 e. The molecule has 0 saturated carbocycles. The number of halogens is 3. The van der Waals surface area contributed by atoms with Crippen molar-refractivity contribution in [3.05, 3.63) is 29.8 Å². The number of hydrogen-bond donors (Lipinski definition) is 1. The van der Waals surface area contributed by atoms with Crippen LogP contribution in [0.2, 0.25) is 0 Å². The number of nitrogens with zero attached hydrogens (tertiary/aromatic N) is 1. The Hall–Kier alpha value is -1.40. The third kappa shape index (κ3) is 4.54. The van der Waals surface area contributed by atoms with Gasteiger partial charge in [0.1, 0.15) is 5.75 Å². The van der Waals surface area contributed by atoms with Crippen molar-refractivity contribution >= 4 is 18.3 Å². The number of piperidine rings is 1. The van der Waals surface area contributed by atoms with E-state index in [1.807, 2.05) is 0 Å². The molecule has 0 aliphatic carbocycles. The summed E-state index contributed by atoms with van der Waals surface area (Å²) in [6, 6.07) is 5.82. The number of benzene rings is 1. The summed E-state index contributed by atoms with van der Waals surface area (Å²) in [6.45, 7) is -1.73. The Balaban J connectivity index is 0.00000220. The summed E-state index contributed by atoms with van der Waals surface area (Å²) in [5.41, 5.74) is 6.16. The highest BCUT2D eigenvalue weighted by molar-refractivity contribution is 5.94. The van der Waals surface area contributed by atoms with Crippen LogP contribution >= 0.6 is 12.4 Å². The van der Waals surface area contributed by atoms with E-state index in [1.165, 1.54) is 24.3 Å². The van der Waals surface area contributed by atoms with Crippen LogP contribution < -0.4 is 10.5 Å². The molecule has 1 aromatic rings.